The number of benzene rings is 1. The molecule has 0 unspecified atom stereocenters. The molecule has 0 fully saturated rings. The lowest BCUT2D eigenvalue weighted by molar-refractivity contribution is 0.616. The lowest BCUT2D eigenvalue weighted by atomic mass is 10.3. The summed E-state index contributed by atoms with van der Waals surface area (Å²) in [6, 6.07) is 6.52. The van der Waals surface area contributed by atoms with Crippen molar-refractivity contribution < 1.29 is 4.39 Å². The van der Waals surface area contributed by atoms with Crippen molar-refractivity contribution in [2.45, 2.75) is 0 Å². The molecule has 0 spiro atoms. The standard InChI is InChI=1S/C9H5Br2FN2/c10-8-5-13-9(11)14(8)7-4-2-1-3-6(7)12/h1-5H. The van der Waals surface area contributed by atoms with Crippen LogP contribution in [0.2, 0.25) is 0 Å². The summed E-state index contributed by atoms with van der Waals surface area (Å²) in [6.07, 6.45) is 1.61. The summed E-state index contributed by atoms with van der Waals surface area (Å²) in [5.74, 6) is -0.285. The van der Waals surface area contributed by atoms with Gasteiger partial charge in [-0.25, -0.2) is 9.37 Å². The molecule has 1 heterocycles. The lowest BCUT2D eigenvalue weighted by Crippen LogP contribution is -1.97. The van der Waals surface area contributed by atoms with Crippen molar-refractivity contribution in [3.63, 3.8) is 0 Å². The Balaban J connectivity index is 2.66. The van der Waals surface area contributed by atoms with Crippen LogP contribution in [0.5, 0.6) is 0 Å². The monoisotopic (exact) mass is 318 g/mol. The fraction of sp³-hybridized carbons (Fsp3) is 0. The number of hydrogen-bond acceptors (Lipinski definition) is 1. The molecule has 2 aromatic rings. The van der Waals surface area contributed by atoms with Crippen LogP contribution >= 0.6 is 31.9 Å². The highest BCUT2D eigenvalue weighted by atomic mass is 79.9. The van der Waals surface area contributed by atoms with E-state index in [9.17, 15) is 4.39 Å². The molecule has 0 radical (unpaired) electrons. The third-order valence-corrected chi connectivity index (χ3v) is 2.89. The third-order valence-electron chi connectivity index (χ3n) is 1.77. The maximum atomic E-state index is 13.4. The predicted molar refractivity (Wildman–Crippen MR) is 58.9 cm³/mol. The van der Waals surface area contributed by atoms with E-state index in [1.54, 1.807) is 29.0 Å². The summed E-state index contributed by atoms with van der Waals surface area (Å²) in [5, 5.41) is 0. The zero-order chi connectivity index (χ0) is 10.1. The van der Waals surface area contributed by atoms with Crippen molar-refractivity contribution >= 4 is 31.9 Å². The minimum Gasteiger partial charge on any atom is -0.278 e. The zero-order valence-electron chi connectivity index (χ0n) is 6.92. The first kappa shape index (κ1) is 9.86. The second kappa shape index (κ2) is 3.82. The topological polar surface area (TPSA) is 17.8 Å². The maximum Gasteiger partial charge on any atom is 0.182 e. The Bertz CT molecular complexity index is 448. The normalized spacial score (nSPS) is 10.5. The molecule has 2 nitrogen and oxygen atoms in total. The molecule has 0 atom stereocenters. The lowest BCUT2D eigenvalue weighted by Gasteiger charge is -2.06. The average molecular weight is 320 g/mol. The number of halogens is 3. The molecular formula is C9H5Br2FN2. The smallest absolute Gasteiger partial charge is 0.182 e. The Morgan fingerprint density at radius 1 is 1.21 bits per heavy atom. The molecule has 5 heteroatoms. The van der Waals surface area contributed by atoms with E-state index in [2.05, 4.69) is 36.8 Å². The van der Waals surface area contributed by atoms with E-state index in [0.717, 1.165) is 0 Å². The van der Waals surface area contributed by atoms with Gasteiger partial charge in [0.2, 0.25) is 0 Å². The number of nitrogens with zero attached hydrogens (tertiary/aromatic N) is 2. The largest absolute Gasteiger partial charge is 0.278 e. The number of rotatable bonds is 1. The second-order valence-corrected chi connectivity index (χ2v) is 4.16. The fourth-order valence-corrected chi connectivity index (χ4v) is 2.34. The fourth-order valence-electron chi connectivity index (χ4n) is 1.16. The number of aromatic nitrogens is 2. The molecular weight excluding hydrogens is 315 g/mol. The van der Waals surface area contributed by atoms with Crippen molar-refractivity contribution in [1.29, 1.82) is 0 Å². The SMILES string of the molecule is Fc1ccccc1-n1c(Br)cnc1Br. The Labute approximate surface area is 97.0 Å². The van der Waals surface area contributed by atoms with Gasteiger partial charge in [0.15, 0.2) is 4.73 Å². The van der Waals surface area contributed by atoms with Crippen LogP contribution in [-0.2, 0) is 0 Å². The molecule has 1 aromatic heterocycles. The molecule has 72 valence electrons. The average Bonchev–Trinajstić information content (AvgIpc) is 2.48. The number of imidazole rings is 1. The number of para-hydroxylation sites is 1. The van der Waals surface area contributed by atoms with Gasteiger partial charge in [-0.05, 0) is 44.0 Å². The first-order chi connectivity index (χ1) is 6.70. The quantitative estimate of drug-likeness (QED) is 0.786. The molecule has 2 rings (SSSR count). The molecule has 0 aliphatic carbocycles. The van der Waals surface area contributed by atoms with E-state index in [4.69, 9.17) is 0 Å². The van der Waals surface area contributed by atoms with Crippen molar-refractivity contribution in [3.05, 3.63) is 45.6 Å². The van der Waals surface area contributed by atoms with E-state index in [0.29, 0.717) is 15.0 Å². The van der Waals surface area contributed by atoms with Gasteiger partial charge in [0.05, 0.1) is 11.9 Å². The van der Waals surface area contributed by atoms with Crippen LogP contribution in [0.1, 0.15) is 0 Å². The van der Waals surface area contributed by atoms with Gasteiger partial charge in [0, 0.05) is 0 Å². The Hall–Kier alpha value is -0.680. The highest BCUT2D eigenvalue weighted by Crippen LogP contribution is 2.24. The molecule has 14 heavy (non-hydrogen) atoms. The van der Waals surface area contributed by atoms with Gasteiger partial charge < -0.3 is 0 Å². The van der Waals surface area contributed by atoms with Crippen LogP contribution in [0.25, 0.3) is 5.69 Å². The van der Waals surface area contributed by atoms with E-state index >= 15 is 0 Å². The van der Waals surface area contributed by atoms with Crippen molar-refractivity contribution in [3.8, 4) is 5.69 Å². The summed E-state index contributed by atoms with van der Waals surface area (Å²) in [5.41, 5.74) is 0.462. The second-order valence-electron chi connectivity index (χ2n) is 2.64. The predicted octanol–water partition coefficient (Wildman–Crippen LogP) is 3.54. The van der Waals surface area contributed by atoms with Crippen LogP contribution in [0.3, 0.4) is 0 Å². The minimum atomic E-state index is -0.285. The molecule has 0 bridgehead atoms. The number of hydrogen-bond donors (Lipinski definition) is 0. The van der Waals surface area contributed by atoms with Gasteiger partial charge in [-0.2, -0.15) is 0 Å². The van der Waals surface area contributed by atoms with Crippen molar-refractivity contribution in [2.75, 3.05) is 0 Å². The molecule has 0 aliphatic heterocycles. The molecule has 1 aromatic carbocycles. The van der Waals surface area contributed by atoms with Crippen molar-refractivity contribution in [1.82, 2.24) is 9.55 Å². The summed E-state index contributed by atoms with van der Waals surface area (Å²) in [4.78, 5) is 4.00. The van der Waals surface area contributed by atoms with Crippen LogP contribution in [-0.4, -0.2) is 9.55 Å². The summed E-state index contributed by atoms with van der Waals surface area (Å²) >= 11 is 6.53. The first-order valence-electron chi connectivity index (χ1n) is 3.84. The zero-order valence-corrected chi connectivity index (χ0v) is 10.1. The van der Waals surface area contributed by atoms with Crippen LogP contribution in [0.15, 0.2) is 39.8 Å². The summed E-state index contributed by atoms with van der Waals surface area (Å²) in [6.45, 7) is 0. The van der Waals surface area contributed by atoms with Gasteiger partial charge >= 0.3 is 0 Å². The van der Waals surface area contributed by atoms with Gasteiger partial charge in [-0.3, -0.25) is 4.57 Å². The Morgan fingerprint density at radius 3 is 2.50 bits per heavy atom. The van der Waals surface area contributed by atoms with Crippen LogP contribution in [0.4, 0.5) is 4.39 Å². The van der Waals surface area contributed by atoms with Gasteiger partial charge in [0.25, 0.3) is 0 Å². The summed E-state index contributed by atoms with van der Waals surface area (Å²) < 4.78 is 16.3. The van der Waals surface area contributed by atoms with E-state index < -0.39 is 0 Å². The highest BCUT2D eigenvalue weighted by molar-refractivity contribution is 9.11. The highest BCUT2D eigenvalue weighted by Gasteiger charge is 2.10. The Morgan fingerprint density at radius 2 is 1.93 bits per heavy atom. The molecule has 0 aliphatic rings. The van der Waals surface area contributed by atoms with Gasteiger partial charge in [0.1, 0.15) is 10.4 Å². The molecule has 0 saturated heterocycles. The van der Waals surface area contributed by atoms with E-state index in [1.807, 2.05) is 0 Å². The third kappa shape index (κ3) is 1.62. The summed E-state index contributed by atoms with van der Waals surface area (Å²) in [7, 11) is 0. The maximum absolute atomic E-state index is 13.4. The molecule has 0 saturated carbocycles. The molecule has 0 N–H and O–H groups in total. The van der Waals surface area contributed by atoms with Crippen LogP contribution < -0.4 is 0 Å². The van der Waals surface area contributed by atoms with Crippen molar-refractivity contribution in [2.24, 2.45) is 0 Å². The minimum absolute atomic E-state index is 0.285. The van der Waals surface area contributed by atoms with E-state index in [1.165, 1.54) is 6.07 Å². The first-order valence-corrected chi connectivity index (χ1v) is 5.42. The molecule has 0 amide bonds. The van der Waals surface area contributed by atoms with Gasteiger partial charge in [-0.15, -0.1) is 0 Å². The Kier molecular flexibility index (Phi) is 2.69. The van der Waals surface area contributed by atoms with Crippen LogP contribution in [0, 0.1) is 5.82 Å². The van der Waals surface area contributed by atoms with E-state index in [-0.39, 0.29) is 5.82 Å². The van der Waals surface area contributed by atoms with Gasteiger partial charge in [-0.1, -0.05) is 12.1 Å².